The van der Waals surface area contributed by atoms with Crippen molar-refractivity contribution in [2.24, 2.45) is 24.3 Å². The number of alkyl halides is 3. The summed E-state index contributed by atoms with van der Waals surface area (Å²) < 4.78 is 47.2. The zero-order valence-corrected chi connectivity index (χ0v) is 23.6. The summed E-state index contributed by atoms with van der Waals surface area (Å²) in [5.74, 6) is 1.28. The fourth-order valence-electron chi connectivity index (χ4n) is 7.35. The van der Waals surface area contributed by atoms with Crippen molar-refractivity contribution in [3.05, 3.63) is 82.1 Å². The first-order valence-corrected chi connectivity index (χ1v) is 14.5. The summed E-state index contributed by atoms with van der Waals surface area (Å²) in [6, 6.07) is 11.1. The van der Waals surface area contributed by atoms with Crippen LogP contribution in [0.2, 0.25) is 0 Å². The molecule has 11 heteroatoms. The summed E-state index contributed by atoms with van der Waals surface area (Å²) in [7, 11) is 1.87. The van der Waals surface area contributed by atoms with Crippen LogP contribution in [0.1, 0.15) is 61.5 Å². The summed E-state index contributed by atoms with van der Waals surface area (Å²) in [4.78, 5) is 15.9. The van der Waals surface area contributed by atoms with Crippen LogP contribution in [-0.2, 0) is 25.2 Å². The van der Waals surface area contributed by atoms with E-state index >= 15 is 0 Å². The molecule has 7 rings (SSSR count). The van der Waals surface area contributed by atoms with Crippen molar-refractivity contribution in [3.63, 3.8) is 0 Å². The first-order chi connectivity index (χ1) is 20.1. The van der Waals surface area contributed by atoms with Crippen LogP contribution in [0.3, 0.4) is 0 Å². The quantitative estimate of drug-likeness (QED) is 0.320. The Balaban J connectivity index is 1.32. The van der Waals surface area contributed by atoms with Crippen molar-refractivity contribution in [2.75, 3.05) is 13.1 Å². The number of rotatable bonds is 6. The van der Waals surface area contributed by atoms with Gasteiger partial charge in [0.15, 0.2) is 0 Å². The molecule has 0 bridgehead atoms. The molecular weight excluding hydrogens is 543 g/mol. The van der Waals surface area contributed by atoms with E-state index < -0.39 is 28.3 Å². The van der Waals surface area contributed by atoms with Gasteiger partial charge in [0.05, 0.1) is 33.7 Å². The van der Waals surface area contributed by atoms with Gasteiger partial charge < -0.3 is 4.57 Å². The summed E-state index contributed by atoms with van der Waals surface area (Å²) >= 11 is 0. The molecule has 3 fully saturated rings. The SMILES string of the molecule is C[C@H]1CCCN(Cc2cc(C(F)(F)F)c3cn(-c4cccc(C5(c6nncn6C)CC5C5(C#N)CC5)c4)c(=O)n3c2)C1. The van der Waals surface area contributed by atoms with E-state index in [0.717, 1.165) is 61.0 Å². The van der Waals surface area contributed by atoms with Crippen LogP contribution in [0.4, 0.5) is 13.2 Å². The maximum Gasteiger partial charge on any atom is 0.418 e. The summed E-state index contributed by atoms with van der Waals surface area (Å²) in [6.45, 7) is 4.16. The molecule has 0 N–H and O–H groups in total. The van der Waals surface area contributed by atoms with Crippen molar-refractivity contribution < 1.29 is 13.2 Å². The van der Waals surface area contributed by atoms with Crippen LogP contribution in [0.25, 0.3) is 11.2 Å². The number of halogens is 3. The number of hydrogen-bond donors (Lipinski definition) is 0. The molecule has 1 saturated heterocycles. The van der Waals surface area contributed by atoms with Gasteiger partial charge in [-0.05, 0) is 79.8 Å². The summed E-state index contributed by atoms with van der Waals surface area (Å²) in [5, 5.41) is 18.5. The van der Waals surface area contributed by atoms with Gasteiger partial charge in [-0.2, -0.15) is 18.4 Å². The Hall–Kier alpha value is -3.91. The van der Waals surface area contributed by atoms with Crippen LogP contribution in [0.5, 0.6) is 0 Å². The average molecular weight is 576 g/mol. The van der Waals surface area contributed by atoms with Gasteiger partial charge >= 0.3 is 11.9 Å². The number of imidazole rings is 1. The van der Waals surface area contributed by atoms with E-state index in [1.165, 1.54) is 16.8 Å². The van der Waals surface area contributed by atoms with E-state index in [0.29, 0.717) is 23.7 Å². The molecule has 8 nitrogen and oxygen atoms in total. The topological polar surface area (TPSA) is 84.2 Å². The van der Waals surface area contributed by atoms with Gasteiger partial charge in [-0.3, -0.25) is 13.9 Å². The molecule has 4 aromatic rings. The number of aryl methyl sites for hydroxylation is 1. The standard InChI is InChI=1S/C31H32F3N7O/c1-20-5-4-10-39(14-20)15-21-11-24(31(32,33)34)25-17-40(28(42)41(25)16-21)23-7-3-6-22(12-23)30(27-37-36-19-38(27)2)13-26(30)29(18-35)8-9-29/h3,6-7,11-12,16-17,19-20,26H,4-5,8-10,13-15H2,1-2H3/t20-,26?,30?/m0/s1. The van der Waals surface area contributed by atoms with E-state index in [2.05, 4.69) is 28.1 Å². The van der Waals surface area contributed by atoms with Crippen LogP contribution in [0.15, 0.2) is 53.8 Å². The molecule has 0 spiro atoms. The molecule has 0 radical (unpaired) electrons. The fraction of sp³-hybridized carbons (Fsp3) is 0.484. The molecule has 1 aromatic carbocycles. The number of benzene rings is 1. The maximum absolute atomic E-state index is 14.3. The maximum atomic E-state index is 14.3. The molecule has 3 aliphatic rings. The highest BCUT2D eigenvalue weighted by Gasteiger charge is 2.71. The summed E-state index contributed by atoms with van der Waals surface area (Å²) in [6.07, 6.45) is 4.35. The minimum atomic E-state index is -4.62. The highest BCUT2D eigenvalue weighted by atomic mass is 19.4. The van der Waals surface area contributed by atoms with Crippen molar-refractivity contribution in [1.82, 2.24) is 28.6 Å². The highest BCUT2D eigenvalue weighted by molar-refractivity contribution is 5.58. The second kappa shape index (κ2) is 9.30. The van der Waals surface area contributed by atoms with Gasteiger partial charge in [-0.15, -0.1) is 10.2 Å². The van der Waals surface area contributed by atoms with E-state index in [1.807, 2.05) is 29.8 Å². The Morgan fingerprint density at radius 2 is 2.00 bits per heavy atom. The molecule has 42 heavy (non-hydrogen) atoms. The predicted octanol–water partition coefficient (Wildman–Crippen LogP) is 5.08. The minimum absolute atomic E-state index is 0.0508. The van der Waals surface area contributed by atoms with Crippen LogP contribution in [-0.4, -0.2) is 41.7 Å². The average Bonchev–Trinajstić information content (AvgIpc) is 3.84. The number of hydrogen-bond acceptors (Lipinski definition) is 5. The lowest BCUT2D eigenvalue weighted by Crippen LogP contribution is -2.34. The Labute approximate surface area is 241 Å². The highest BCUT2D eigenvalue weighted by Crippen LogP contribution is 2.72. The molecule has 2 saturated carbocycles. The number of piperidine rings is 1. The molecule has 3 aromatic heterocycles. The minimum Gasteiger partial charge on any atom is -0.320 e. The van der Waals surface area contributed by atoms with Gasteiger partial charge in [-0.1, -0.05) is 19.1 Å². The Bertz CT molecular complexity index is 1790. The first-order valence-electron chi connectivity index (χ1n) is 14.5. The molecule has 2 aliphatic carbocycles. The van der Waals surface area contributed by atoms with Gasteiger partial charge in [0.2, 0.25) is 0 Å². The molecular formula is C31H32F3N7O. The van der Waals surface area contributed by atoms with E-state index in [-0.39, 0.29) is 11.4 Å². The number of likely N-dealkylation sites (tertiary alicyclic amines) is 1. The lowest BCUT2D eigenvalue weighted by molar-refractivity contribution is -0.136. The van der Waals surface area contributed by atoms with Gasteiger partial charge in [0.25, 0.3) is 0 Å². The van der Waals surface area contributed by atoms with Crippen LogP contribution in [0, 0.1) is 28.6 Å². The Morgan fingerprint density at radius 3 is 2.67 bits per heavy atom. The van der Waals surface area contributed by atoms with Crippen LogP contribution >= 0.6 is 0 Å². The van der Waals surface area contributed by atoms with Crippen molar-refractivity contribution in [2.45, 2.75) is 57.2 Å². The zero-order chi connectivity index (χ0) is 29.4. The zero-order valence-electron chi connectivity index (χ0n) is 23.6. The Kier molecular flexibility index (Phi) is 5.97. The monoisotopic (exact) mass is 575 g/mol. The van der Waals surface area contributed by atoms with Crippen molar-refractivity contribution in [1.29, 1.82) is 5.26 Å². The van der Waals surface area contributed by atoms with Gasteiger partial charge in [0, 0.05) is 32.5 Å². The summed E-state index contributed by atoms with van der Waals surface area (Å²) in [5.41, 5.74) is -0.708. The molecule has 0 amide bonds. The number of pyridine rings is 1. The second-order valence-electron chi connectivity index (χ2n) is 12.6. The van der Waals surface area contributed by atoms with Crippen molar-refractivity contribution >= 4 is 5.52 Å². The third-order valence-corrected chi connectivity index (χ3v) is 9.67. The van der Waals surface area contributed by atoms with Crippen LogP contribution < -0.4 is 5.69 Å². The number of fused-ring (bicyclic) bond motifs is 1. The third-order valence-electron chi connectivity index (χ3n) is 9.67. The van der Waals surface area contributed by atoms with E-state index in [1.54, 1.807) is 18.6 Å². The lowest BCUT2D eigenvalue weighted by atomic mass is 9.86. The first kappa shape index (κ1) is 27.0. The third kappa shape index (κ3) is 4.18. The number of nitrogens with zero attached hydrogens (tertiary/aromatic N) is 7. The molecule has 2 unspecified atom stereocenters. The smallest absolute Gasteiger partial charge is 0.320 e. The van der Waals surface area contributed by atoms with E-state index in [9.17, 15) is 23.2 Å². The van der Waals surface area contributed by atoms with E-state index in [4.69, 9.17) is 0 Å². The second-order valence-corrected chi connectivity index (χ2v) is 12.6. The molecule has 3 atom stereocenters. The molecule has 1 aliphatic heterocycles. The Morgan fingerprint density at radius 1 is 1.19 bits per heavy atom. The van der Waals surface area contributed by atoms with Crippen molar-refractivity contribution in [3.8, 4) is 11.8 Å². The fourth-order valence-corrected chi connectivity index (χ4v) is 7.35. The number of nitriles is 1. The van der Waals surface area contributed by atoms with Gasteiger partial charge in [-0.25, -0.2) is 4.79 Å². The molecule has 4 heterocycles. The number of aromatic nitrogens is 5. The normalized spacial score (nSPS) is 25.4. The van der Waals surface area contributed by atoms with Gasteiger partial charge in [0.1, 0.15) is 12.2 Å². The predicted molar refractivity (Wildman–Crippen MR) is 149 cm³/mol. The largest absolute Gasteiger partial charge is 0.418 e. The lowest BCUT2D eigenvalue weighted by Gasteiger charge is -2.31. The molecule has 218 valence electrons.